The summed E-state index contributed by atoms with van der Waals surface area (Å²) in [5.41, 5.74) is 0.558. The van der Waals surface area contributed by atoms with Crippen LogP contribution in [0.15, 0.2) is 60.7 Å². The maximum Gasteiger partial charge on any atom is 0.416 e. The van der Waals surface area contributed by atoms with Crippen molar-refractivity contribution >= 4 is 27.3 Å². The minimum atomic E-state index is -4.46. The number of rotatable bonds is 6. The molecule has 1 heterocycles. The molecular weight excluding hydrogens is 473 g/mol. The van der Waals surface area contributed by atoms with Gasteiger partial charge in [0.2, 0.25) is 0 Å². The molecule has 0 aliphatic carbocycles. The second-order valence-corrected chi connectivity index (χ2v) is 8.77. The maximum absolute atomic E-state index is 14.6. The lowest BCUT2D eigenvalue weighted by molar-refractivity contribution is -0.137. The second-order valence-electron chi connectivity index (χ2n) is 7.63. The van der Waals surface area contributed by atoms with Gasteiger partial charge >= 0.3 is 6.18 Å². The molecular formula is C25H18F5NO2S. The highest BCUT2D eigenvalue weighted by Gasteiger charge is 2.30. The molecule has 1 amide bonds. The number of aliphatic hydroxyl groups is 1. The highest BCUT2D eigenvalue weighted by molar-refractivity contribution is 7.19. The molecule has 0 saturated heterocycles. The Bertz CT molecular complexity index is 1360. The number of carbonyl (C=O) groups is 1. The van der Waals surface area contributed by atoms with E-state index in [2.05, 4.69) is 5.32 Å². The molecule has 4 rings (SSSR count). The van der Waals surface area contributed by atoms with Crippen molar-refractivity contribution in [2.75, 3.05) is 13.2 Å². The number of hydrogen-bond acceptors (Lipinski definition) is 3. The number of nitrogens with one attached hydrogen (secondary N) is 1. The average molecular weight is 491 g/mol. The van der Waals surface area contributed by atoms with E-state index in [0.29, 0.717) is 26.3 Å². The summed E-state index contributed by atoms with van der Waals surface area (Å²) in [6, 6.07) is 13.0. The zero-order valence-corrected chi connectivity index (χ0v) is 18.4. The van der Waals surface area contributed by atoms with E-state index in [1.54, 1.807) is 12.1 Å². The number of thiophene rings is 1. The summed E-state index contributed by atoms with van der Waals surface area (Å²) in [5, 5.41) is 11.6. The molecule has 176 valence electrons. The molecule has 9 heteroatoms. The number of amides is 1. The van der Waals surface area contributed by atoms with Crippen LogP contribution >= 0.6 is 11.3 Å². The average Bonchev–Trinajstić information content (AvgIpc) is 3.21. The largest absolute Gasteiger partial charge is 0.416 e. The van der Waals surface area contributed by atoms with E-state index >= 15 is 0 Å². The first-order valence-electron chi connectivity index (χ1n) is 10.2. The first-order valence-corrected chi connectivity index (χ1v) is 11.0. The van der Waals surface area contributed by atoms with Crippen molar-refractivity contribution in [1.82, 2.24) is 5.32 Å². The van der Waals surface area contributed by atoms with Gasteiger partial charge in [0.05, 0.1) is 12.2 Å². The van der Waals surface area contributed by atoms with Gasteiger partial charge < -0.3 is 10.4 Å². The monoisotopic (exact) mass is 491 g/mol. The van der Waals surface area contributed by atoms with Crippen LogP contribution in [-0.2, 0) is 12.6 Å². The molecule has 0 aliphatic heterocycles. The lowest BCUT2D eigenvalue weighted by Crippen LogP contribution is -2.26. The summed E-state index contributed by atoms with van der Waals surface area (Å²) in [5.74, 6) is -1.74. The number of alkyl halides is 3. The molecule has 2 N–H and O–H groups in total. The third kappa shape index (κ3) is 5.10. The van der Waals surface area contributed by atoms with E-state index < -0.39 is 29.3 Å². The van der Waals surface area contributed by atoms with E-state index in [9.17, 15) is 26.7 Å². The zero-order chi connectivity index (χ0) is 24.5. The molecule has 3 nitrogen and oxygen atoms in total. The zero-order valence-electron chi connectivity index (χ0n) is 17.5. The Morgan fingerprint density at radius 2 is 1.79 bits per heavy atom. The lowest BCUT2D eigenvalue weighted by atomic mass is 10.0. The van der Waals surface area contributed by atoms with Crippen LogP contribution in [0.25, 0.3) is 21.2 Å². The van der Waals surface area contributed by atoms with E-state index in [1.165, 1.54) is 41.7 Å². The number of halogens is 5. The number of benzene rings is 3. The molecule has 0 unspecified atom stereocenters. The molecule has 3 aromatic carbocycles. The third-order valence-corrected chi connectivity index (χ3v) is 6.35. The molecule has 0 atom stereocenters. The first kappa shape index (κ1) is 23.8. The summed E-state index contributed by atoms with van der Waals surface area (Å²) in [7, 11) is 0. The van der Waals surface area contributed by atoms with Gasteiger partial charge in [-0.2, -0.15) is 13.2 Å². The standard InChI is InChI=1S/C25H18F5NO2S/c26-18-11-15(10-16(12-18)24(33)31-6-7-32)20-4-5-22(27)21-13-19(34-23(20)21)9-14-2-1-3-17(8-14)25(28,29)30/h1-5,8,10-13,32H,6-7,9H2,(H,31,33). The normalized spacial score (nSPS) is 11.7. The van der Waals surface area contributed by atoms with Crippen molar-refractivity contribution in [3.63, 3.8) is 0 Å². The van der Waals surface area contributed by atoms with E-state index in [1.807, 2.05) is 0 Å². The highest BCUT2D eigenvalue weighted by Crippen LogP contribution is 2.38. The Morgan fingerprint density at radius 3 is 2.53 bits per heavy atom. The van der Waals surface area contributed by atoms with Crippen molar-refractivity contribution in [3.8, 4) is 11.1 Å². The molecule has 0 saturated carbocycles. The SMILES string of the molecule is O=C(NCCO)c1cc(F)cc(-c2ccc(F)c3cc(Cc4cccc(C(F)(F)F)c4)sc23)c1. The Morgan fingerprint density at radius 1 is 1.00 bits per heavy atom. The predicted molar refractivity (Wildman–Crippen MR) is 121 cm³/mol. The lowest BCUT2D eigenvalue weighted by Gasteiger charge is -2.09. The Hall–Kier alpha value is -3.30. The highest BCUT2D eigenvalue weighted by atomic mass is 32.1. The van der Waals surface area contributed by atoms with Crippen molar-refractivity contribution in [3.05, 3.63) is 93.9 Å². The minimum absolute atomic E-state index is 0.00922. The molecule has 0 bridgehead atoms. The molecule has 1 aromatic heterocycles. The van der Waals surface area contributed by atoms with Gasteiger partial charge in [0.25, 0.3) is 5.91 Å². The van der Waals surface area contributed by atoms with Crippen molar-refractivity contribution in [2.45, 2.75) is 12.6 Å². The fourth-order valence-corrected chi connectivity index (χ4v) is 4.90. The van der Waals surface area contributed by atoms with Crippen LogP contribution in [0.1, 0.15) is 26.4 Å². The van der Waals surface area contributed by atoms with Crippen LogP contribution in [0, 0.1) is 11.6 Å². The van der Waals surface area contributed by atoms with Gasteiger partial charge in [-0.15, -0.1) is 11.3 Å². The van der Waals surface area contributed by atoms with E-state index in [-0.39, 0.29) is 30.5 Å². The van der Waals surface area contributed by atoms with Crippen LogP contribution in [-0.4, -0.2) is 24.2 Å². The molecule has 0 aliphatic rings. The summed E-state index contributed by atoms with van der Waals surface area (Å²) < 4.78 is 68.5. The van der Waals surface area contributed by atoms with Gasteiger partial charge in [0.1, 0.15) is 11.6 Å². The Labute approximate surface area is 195 Å². The molecule has 0 radical (unpaired) electrons. The number of hydrogen-bond donors (Lipinski definition) is 2. The van der Waals surface area contributed by atoms with Crippen LogP contribution < -0.4 is 5.32 Å². The summed E-state index contributed by atoms with van der Waals surface area (Å²) in [6.45, 7) is -0.258. The fourth-order valence-electron chi connectivity index (χ4n) is 3.66. The van der Waals surface area contributed by atoms with Crippen LogP contribution in [0.2, 0.25) is 0 Å². The number of aliphatic hydroxyl groups excluding tert-OH is 1. The maximum atomic E-state index is 14.6. The second kappa shape index (κ2) is 9.52. The first-order chi connectivity index (χ1) is 16.2. The predicted octanol–water partition coefficient (Wildman–Crippen LogP) is 6.18. The van der Waals surface area contributed by atoms with E-state index in [4.69, 9.17) is 5.11 Å². The molecule has 0 spiro atoms. The van der Waals surface area contributed by atoms with Gasteiger partial charge in [-0.3, -0.25) is 4.79 Å². The van der Waals surface area contributed by atoms with Crippen molar-refractivity contribution in [2.24, 2.45) is 0 Å². The summed E-state index contributed by atoms with van der Waals surface area (Å²) >= 11 is 1.20. The number of carbonyl (C=O) groups excluding carboxylic acids is 1. The quantitative estimate of drug-likeness (QED) is 0.317. The van der Waals surface area contributed by atoms with Crippen molar-refractivity contribution in [1.29, 1.82) is 0 Å². The van der Waals surface area contributed by atoms with Gasteiger partial charge in [0.15, 0.2) is 0 Å². The van der Waals surface area contributed by atoms with E-state index in [0.717, 1.165) is 18.2 Å². The van der Waals surface area contributed by atoms with Crippen LogP contribution in [0.5, 0.6) is 0 Å². The smallest absolute Gasteiger partial charge is 0.395 e. The van der Waals surface area contributed by atoms with Crippen LogP contribution in [0.4, 0.5) is 22.0 Å². The third-order valence-electron chi connectivity index (χ3n) is 5.18. The van der Waals surface area contributed by atoms with Gasteiger partial charge in [-0.25, -0.2) is 8.78 Å². The minimum Gasteiger partial charge on any atom is -0.395 e. The van der Waals surface area contributed by atoms with Crippen LogP contribution in [0.3, 0.4) is 0 Å². The van der Waals surface area contributed by atoms with Gasteiger partial charge in [-0.05, 0) is 53.1 Å². The fraction of sp³-hybridized carbons (Fsp3) is 0.160. The van der Waals surface area contributed by atoms with Gasteiger partial charge in [-0.1, -0.05) is 24.3 Å². The number of fused-ring (bicyclic) bond motifs is 1. The molecule has 4 aromatic rings. The molecule has 34 heavy (non-hydrogen) atoms. The topological polar surface area (TPSA) is 49.3 Å². The summed E-state index contributed by atoms with van der Waals surface area (Å²) in [4.78, 5) is 12.9. The Kier molecular flexibility index (Phi) is 6.67. The molecule has 0 fully saturated rings. The van der Waals surface area contributed by atoms with Crippen molar-refractivity contribution < 1.29 is 31.9 Å². The Balaban J connectivity index is 1.74. The van der Waals surface area contributed by atoms with Gasteiger partial charge in [0, 0.05) is 33.5 Å². The summed E-state index contributed by atoms with van der Waals surface area (Å²) in [6.07, 6.45) is -4.30.